The molecule has 1 atom stereocenters. The van der Waals surface area contributed by atoms with Gasteiger partial charge in [0, 0.05) is 25.5 Å². The van der Waals surface area contributed by atoms with Crippen molar-refractivity contribution in [3.63, 3.8) is 0 Å². The minimum Gasteiger partial charge on any atom is -0.382 e. The maximum atomic E-state index is 12.5. The van der Waals surface area contributed by atoms with Crippen LogP contribution in [-0.2, 0) is 11.2 Å². The molecule has 0 radical (unpaired) electrons. The van der Waals surface area contributed by atoms with Gasteiger partial charge in [0.1, 0.15) is 4.88 Å². The summed E-state index contributed by atoms with van der Waals surface area (Å²) in [6, 6.07) is 18.7. The zero-order chi connectivity index (χ0) is 20.5. The quantitative estimate of drug-likeness (QED) is 0.491. The average Bonchev–Trinajstić information content (AvgIpc) is 3.19. The lowest BCUT2D eigenvalue weighted by atomic mass is 9.98. The summed E-state index contributed by atoms with van der Waals surface area (Å²) >= 11 is 0.928. The Labute approximate surface area is 174 Å². The molecular formula is C23H26N2O3S. The summed E-state index contributed by atoms with van der Waals surface area (Å²) in [5.41, 5.74) is 3.51. The van der Waals surface area contributed by atoms with Crippen molar-refractivity contribution < 1.29 is 9.53 Å². The lowest BCUT2D eigenvalue weighted by Crippen LogP contribution is -2.36. The number of hydrogen-bond acceptors (Lipinski definition) is 4. The van der Waals surface area contributed by atoms with Crippen LogP contribution in [0.15, 0.2) is 65.6 Å². The number of thiazole rings is 1. The van der Waals surface area contributed by atoms with Crippen LogP contribution >= 0.6 is 11.3 Å². The van der Waals surface area contributed by atoms with Gasteiger partial charge >= 0.3 is 4.87 Å². The Morgan fingerprint density at radius 1 is 1.10 bits per heavy atom. The average molecular weight is 411 g/mol. The fraction of sp³-hybridized carbons (Fsp3) is 0.304. The summed E-state index contributed by atoms with van der Waals surface area (Å²) in [6.45, 7) is 3.34. The molecule has 1 amide bonds. The van der Waals surface area contributed by atoms with E-state index in [2.05, 4.69) is 46.7 Å². The Morgan fingerprint density at radius 2 is 1.83 bits per heavy atom. The molecule has 3 rings (SSSR count). The van der Waals surface area contributed by atoms with Crippen molar-refractivity contribution in [3.05, 3.63) is 80.9 Å². The van der Waals surface area contributed by atoms with Crippen molar-refractivity contribution in [1.82, 2.24) is 10.3 Å². The molecule has 0 aliphatic heterocycles. The van der Waals surface area contributed by atoms with E-state index in [0.717, 1.165) is 36.2 Å². The number of H-pyrrole nitrogens is 1. The Hall–Kier alpha value is -2.70. The molecule has 0 saturated carbocycles. The first-order valence-corrected chi connectivity index (χ1v) is 10.7. The van der Waals surface area contributed by atoms with Crippen molar-refractivity contribution in [2.75, 3.05) is 13.2 Å². The van der Waals surface area contributed by atoms with Gasteiger partial charge in [-0.1, -0.05) is 65.9 Å². The number of carbonyl (C=O) groups is 1. The van der Waals surface area contributed by atoms with Crippen LogP contribution < -0.4 is 10.2 Å². The molecule has 0 spiro atoms. The van der Waals surface area contributed by atoms with Gasteiger partial charge in [-0.05, 0) is 42.9 Å². The number of aromatic nitrogens is 1. The number of nitrogens with one attached hydrogen (secondary N) is 2. The summed E-state index contributed by atoms with van der Waals surface area (Å²) < 4.78 is 5.43. The Bertz CT molecular complexity index is 948. The van der Waals surface area contributed by atoms with E-state index >= 15 is 0 Å². The van der Waals surface area contributed by atoms with Crippen molar-refractivity contribution >= 4 is 17.2 Å². The highest BCUT2D eigenvalue weighted by Gasteiger charge is 2.16. The van der Waals surface area contributed by atoms with E-state index in [9.17, 15) is 9.59 Å². The van der Waals surface area contributed by atoms with Crippen molar-refractivity contribution in [3.8, 4) is 11.1 Å². The number of rotatable bonds is 10. The third-order valence-electron chi connectivity index (χ3n) is 4.67. The highest BCUT2D eigenvalue weighted by Crippen LogP contribution is 2.20. The van der Waals surface area contributed by atoms with E-state index in [4.69, 9.17) is 4.74 Å². The second-order valence-corrected chi connectivity index (χ2v) is 7.83. The van der Waals surface area contributed by atoms with Gasteiger partial charge in [0.25, 0.3) is 5.91 Å². The van der Waals surface area contributed by atoms with Gasteiger partial charge in [-0.3, -0.25) is 9.59 Å². The second-order valence-electron chi connectivity index (χ2n) is 6.82. The lowest BCUT2D eigenvalue weighted by molar-refractivity contribution is 0.0931. The molecule has 6 heteroatoms. The summed E-state index contributed by atoms with van der Waals surface area (Å²) in [7, 11) is 0. The zero-order valence-electron chi connectivity index (χ0n) is 16.5. The zero-order valence-corrected chi connectivity index (χ0v) is 17.3. The molecule has 1 heterocycles. The number of benzene rings is 2. The first kappa shape index (κ1) is 21.0. The van der Waals surface area contributed by atoms with Gasteiger partial charge in [-0.15, -0.1) is 0 Å². The number of aromatic amines is 1. The number of carbonyl (C=O) groups excluding carboxylic acids is 1. The van der Waals surface area contributed by atoms with Gasteiger partial charge in [-0.25, -0.2) is 0 Å². The van der Waals surface area contributed by atoms with E-state index in [1.165, 1.54) is 17.3 Å². The number of amides is 1. The van der Waals surface area contributed by atoms with E-state index in [1.807, 2.05) is 25.1 Å². The highest BCUT2D eigenvalue weighted by atomic mass is 32.1. The molecule has 0 bridgehead atoms. The summed E-state index contributed by atoms with van der Waals surface area (Å²) in [5, 5.41) is 3.08. The van der Waals surface area contributed by atoms with Crippen LogP contribution in [0.4, 0.5) is 0 Å². The van der Waals surface area contributed by atoms with Crippen molar-refractivity contribution in [2.45, 2.75) is 32.2 Å². The van der Waals surface area contributed by atoms with E-state index in [-0.39, 0.29) is 16.8 Å². The SMILES string of the molecule is CCOCCCC(Cc1ccc(-c2ccccc2)cc1)NC(=O)c1c[nH]c(=O)s1. The van der Waals surface area contributed by atoms with Gasteiger partial charge in [0.15, 0.2) is 0 Å². The molecular weight excluding hydrogens is 384 g/mol. The van der Waals surface area contributed by atoms with Crippen LogP contribution in [0.5, 0.6) is 0 Å². The molecule has 1 aromatic heterocycles. The molecule has 152 valence electrons. The van der Waals surface area contributed by atoms with E-state index in [1.54, 1.807) is 0 Å². The Kier molecular flexibility index (Phi) is 7.78. The molecule has 2 N–H and O–H groups in total. The van der Waals surface area contributed by atoms with Crippen LogP contribution in [0.1, 0.15) is 35.0 Å². The summed E-state index contributed by atoms with van der Waals surface area (Å²) in [6.07, 6.45) is 3.87. The smallest absolute Gasteiger partial charge is 0.305 e. The van der Waals surface area contributed by atoms with Crippen molar-refractivity contribution in [1.29, 1.82) is 0 Å². The first-order valence-electron chi connectivity index (χ1n) is 9.87. The topological polar surface area (TPSA) is 71.2 Å². The van der Waals surface area contributed by atoms with Gasteiger partial charge in [0.2, 0.25) is 0 Å². The molecule has 1 unspecified atom stereocenters. The molecule has 0 fully saturated rings. The minimum atomic E-state index is -0.223. The van der Waals surface area contributed by atoms with E-state index < -0.39 is 0 Å². The molecule has 29 heavy (non-hydrogen) atoms. The number of ether oxygens (including phenoxy) is 1. The monoisotopic (exact) mass is 410 g/mol. The second kappa shape index (κ2) is 10.7. The Balaban J connectivity index is 1.66. The summed E-state index contributed by atoms with van der Waals surface area (Å²) in [4.78, 5) is 26.5. The third kappa shape index (κ3) is 6.41. The largest absolute Gasteiger partial charge is 0.382 e. The van der Waals surface area contributed by atoms with Crippen LogP contribution in [0.25, 0.3) is 11.1 Å². The summed E-state index contributed by atoms with van der Waals surface area (Å²) in [5.74, 6) is -0.212. The minimum absolute atomic E-state index is 0.0252. The molecule has 0 saturated heterocycles. The van der Waals surface area contributed by atoms with Gasteiger partial charge in [0.05, 0.1) is 0 Å². The van der Waals surface area contributed by atoms with E-state index in [0.29, 0.717) is 18.1 Å². The van der Waals surface area contributed by atoms with Crippen molar-refractivity contribution in [2.24, 2.45) is 0 Å². The number of hydrogen-bond donors (Lipinski definition) is 2. The predicted molar refractivity (Wildman–Crippen MR) is 118 cm³/mol. The fourth-order valence-corrected chi connectivity index (χ4v) is 3.79. The van der Waals surface area contributed by atoms with Crippen LogP contribution in [0, 0.1) is 0 Å². The molecule has 3 aromatic rings. The van der Waals surface area contributed by atoms with Gasteiger partial charge in [-0.2, -0.15) is 0 Å². The first-order chi connectivity index (χ1) is 14.2. The highest BCUT2D eigenvalue weighted by molar-refractivity contribution is 7.11. The maximum absolute atomic E-state index is 12.5. The van der Waals surface area contributed by atoms with Crippen LogP contribution in [0.2, 0.25) is 0 Å². The Morgan fingerprint density at radius 3 is 2.48 bits per heavy atom. The predicted octanol–water partition coefficient (Wildman–Crippen LogP) is 4.26. The molecule has 0 aliphatic rings. The molecule has 0 aliphatic carbocycles. The van der Waals surface area contributed by atoms with Gasteiger partial charge < -0.3 is 15.0 Å². The van der Waals surface area contributed by atoms with Crippen LogP contribution in [0.3, 0.4) is 0 Å². The molecule has 2 aromatic carbocycles. The normalized spacial score (nSPS) is 11.9. The third-order valence-corrected chi connectivity index (χ3v) is 5.50. The van der Waals surface area contributed by atoms with Crippen LogP contribution in [-0.4, -0.2) is 30.1 Å². The molecule has 5 nitrogen and oxygen atoms in total. The maximum Gasteiger partial charge on any atom is 0.305 e. The lowest BCUT2D eigenvalue weighted by Gasteiger charge is -2.19. The fourth-order valence-electron chi connectivity index (χ4n) is 3.20. The standard InChI is InChI=1S/C23H26N2O3S/c1-2-28-14-6-9-20(25-22(26)21-16-24-23(27)29-21)15-17-10-12-19(13-11-17)18-7-4-3-5-8-18/h3-5,7-8,10-13,16,20H,2,6,9,14-15H2,1H3,(H,24,27)(H,25,26).